The molecule has 0 aliphatic carbocycles. The van der Waals surface area contributed by atoms with Gasteiger partial charge in [0.05, 0.1) is 0 Å². The van der Waals surface area contributed by atoms with Gasteiger partial charge in [0.15, 0.2) is 5.82 Å². The molecular weight excluding hydrogens is 238 g/mol. The summed E-state index contributed by atoms with van der Waals surface area (Å²) in [4.78, 5) is 11.9. The van der Waals surface area contributed by atoms with Gasteiger partial charge in [0.2, 0.25) is 0 Å². The van der Waals surface area contributed by atoms with Crippen LogP contribution in [0.1, 0.15) is 15.9 Å². The van der Waals surface area contributed by atoms with E-state index >= 15 is 0 Å². The van der Waals surface area contributed by atoms with Crippen LogP contribution in [0.15, 0.2) is 36.5 Å². The lowest BCUT2D eigenvalue weighted by molar-refractivity contribution is 0.102. The lowest BCUT2D eigenvalue weighted by atomic mass is 10.1. The second-order valence-electron chi connectivity index (χ2n) is 3.66. The van der Waals surface area contributed by atoms with Gasteiger partial charge in [-0.1, -0.05) is 12.1 Å². The molecule has 0 saturated carbocycles. The van der Waals surface area contributed by atoms with E-state index in [2.05, 4.69) is 10.4 Å². The molecule has 1 heterocycles. The van der Waals surface area contributed by atoms with Crippen molar-refractivity contribution in [2.45, 2.75) is 5.88 Å². The van der Waals surface area contributed by atoms with Crippen molar-refractivity contribution in [1.29, 1.82) is 0 Å². The molecule has 0 fully saturated rings. The van der Waals surface area contributed by atoms with Crippen molar-refractivity contribution < 1.29 is 4.79 Å². The molecule has 88 valence electrons. The van der Waals surface area contributed by atoms with E-state index in [1.807, 2.05) is 12.1 Å². The van der Waals surface area contributed by atoms with Crippen molar-refractivity contribution in [2.75, 3.05) is 5.32 Å². The first-order chi connectivity index (χ1) is 8.19. The zero-order valence-electron chi connectivity index (χ0n) is 9.35. The van der Waals surface area contributed by atoms with Crippen molar-refractivity contribution in [3.63, 3.8) is 0 Å². The van der Waals surface area contributed by atoms with Gasteiger partial charge >= 0.3 is 0 Å². The van der Waals surface area contributed by atoms with Crippen LogP contribution in [0.4, 0.5) is 5.82 Å². The van der Waals surface area contributed by atoms with Crippen LogP contribution in [-0.2, 0) is 12.9 Å². The first-order valence-electron chi connectivity index (χ1n) is 5.15. The van der Waals surface area contributed by atoms with Gasteiger partial charge < -0.3 is 5.32 Å². The minimum absolute atomic E-state index is 0.185. The Morgan fingerprint density at radius 1 is 1.47 bits per heavy atom. The molecule has 1 N–H and O–H groups in total. The number of amides is 1. The average molecular weight is 250 g/mol. The maximum absolute atomic E-state index is 11.9. The maximum atomic E-state index is 11.9. The van der Waals surface area contributed by atoms with Crippen molar-refractivity contribution in [3.05, 3.63) is 47.7 Å². The Morgan fingerprint density at radius 2 is 2.29 bits per heavy atom. The van der Waals surface area contributed by atoms with Gasteiger partial charge in [0.1, 0.15) is 0 Å². The minimum atomic E-state index is -0.185. The Bertz CT molecular complexity index is 536. The summed E-state index contributed by atoms with van der Waals surface area (Å²) >= 11 is 5.72. The second-order valence-corrected chi connectivity index (χ2v) is 3.93. The number of hydrogen-bond donors (Lipinski definition) is 1. The van der Waals surface area contributed by atoms with E-state index in [9.17, 15) is 4.79 Å². The molecule has 17 heavy (non-hydrogen) atoms. The van der Waals surface area contributed by atoms with Gasteiger partial charge in [-0.05, 0) is 17.7 Å². The Labute approximate surface area is 104 Å². The van der Waals surface area contributed by atoms with E-state index < -0.39 is 0 Å². The van der Waals surface area contributed by atoms with Gasteiger partial charge in [0.25, 0.3) is 5.91 Å². The molecule has 2 rings (SSSR count). The molecule has 0 atom stereocenters. The van der Waals surface area contributed by atoms with Crippen LogP contribution in [0.25, 0.3) is 0 Å². The van der Waals surface area contributed by atoms with Crippen molar-refractivity contribution >= 4 is 23.3 Å². The molecule has 1 amide bonds. The normalized spacial score (nSPS) is 10.2. The summed E-state index contributed by atoms with van der Waals surface area (Å²) in [6, 6.07) is 8.94. The van der Waals surface area contributed by atoms with Gasteiger partial charge in [0, 0.05) is 30.8 Å². The lowest BCUT2D eigenvalue weighted by Crippen LogP contribution is -2.12. The highest BCUT2D eigenvalue weighted by molar-refractivity contribution is 6.17. The van der Waals surface area contributed by atoms with Crippen LogP contribution in [0.3, 0.4) is 0 Å². The number of nitrogens with zero attached hydrogens (tertiary/aromatic N) is 2. The molecule has 0 saturated heterocycles. The molecule has 0 bridgehead atoms. The highest BCUT2D eigenvalue weighted by Gasteiger charge is 2.07. The Morgan fingerprint density at radius 3 is 2.94 bits per heavy atom. The summed E-state index contributed by atoms with van der Waals surface area (Å²) in [5.41, 5.74) is 1.49. The van der Waals surface area contributed by atoms with Crippen LogP contribution in [0.5, 0.6) is 0 Å². The summed E-state index contributed by atoms with van der Waals surface area (Å²) in [7, 11) is 1.80. The molecule has 0 unspecified atom stereocenters. The number of carbonyl (C=O) groups excluding carboxylic acids is 1. The van der Waals surface area contributed by atoms with E-state index in [0.29, 0.717) is 17.3 Å². The molecule has 0 spiro atoms. The largest absolute Gasteiger partial charge is 0.305 e. The monoisotopic (exact) mass is 249 g/mol. The molecule has 5 heteroatoms. The van der Waals surface area contributed by atoms with Gasteiger partial charge in [-0.25, -0.2) is 0 Å². The molecular formula is C12H12ClN3O. The fourth-order valence-corrected chi connectivity index (χ4v) is 1.63. The highest BCUT2D eigenvalue weighted by atomic mass is 35.5. The molecule has 0 aliphatic heterocycles. The quantitative estimate of drug-likeness (QED) is 0.850. The topological polar surface area (TPSA) is 46.9 Å². The number of aromatic nitrogens is 2. The average Bonchev–Trinajstić information content (AvgIpc) is 2.75. The van der Waals surface area contributed by atoms with E-state index in [0.717, 1.165) is 5.56 Å². The number of nitrogens with one attached hydrogen (secondary N) is 1. The number of benzene rings is 1. The fourth-order valence-electron chi connectivity index (χ4n) is 1.47. The molecule has 1 aromatic heterocycles. The van der Waals surface area contributed by atoms with Crippen LogP contribution >= 0.6 is 11.6 Å². The van der Waals surface area contributed by atoms with Crippen molar-refractivity contribution in [3.8, 4) is 0 Å². The third kappa shape index (κ3) is 2.85. The third-order valence-corrected chi connectivity index (χ3v) is 2.61. The first kappa shape index (κ1) is 11.7. The molecule has 1 aromatic carbocycles. The maximum Gasteiger partial charge on any atom is 0.256 e. The summed E-state index contributed by atoms with van der Waals surface area (Å²) < 4.78 is 1.63. The summed E-state index contributed by atoms with van der Waals surface area (Å²) in [6.07, 6.45) is 1.77. The number of rotatable bonds is 3. The number of alkyl halides is 1. The van der Waals surface area contributed by atoms with Gasteiger partial charge in [-0.15, -0.1) is 11.6 Å². The number of carbonyl (C=O) groups is 1. The van der Waals surface area contributed by atoms with Crippen LogP contribution in [0, 0.1) is 0 Å². The molecule has 4 nitrogen and oxygen atoms in total. The van der Waals surface area contributed by atoms with Gasteiger partial charge in [-0.3, -0.25) is 9.48 Å². The third-order valence-electron chi connectivity index (χ3n) is 2.30. The summed E-state index contributed by atoms with van der Waals surface area (Å²) in [5, 5.41) is 6.79. The Balaban J connectivity index is 2.14. The molecule has 0 radical (unpaired) electrons. The molecule has 2 aromatic rings. The zero-order valence-corrected chi connectivity index (χ0v) is 10.1. The number of anilines is 1. The predicted octanol–water partition coefficient (Wildman–Crippen LogP) is 2.41. The molecule has 0 aliphatic rings. The first-order valence-corrected chi connectivity index (χ1v) is 5.68. The van der Waals surface area contributed by atoms with E-state index in [-0.39, 0.29) is 5.91 Å². The van der Waals surface area contributed by atoms with E-state index in [4.69, 9.17) is 11.6 Å². The smallest absolute Gasteiger partial charge is 0.256 e. The predicted molar refractivity (Wildman–Crippen MR) is 67.2 cm³/mol. The number of halogens is 1. The fraction of sp³-hybridized carbons (Fsp3) is 0.167. The van der Waals surface area contributed by atoms with Crippen molar-refractivity contribution in [1.82, 2.24) is 9.78 Å². The summed E-state index contributed by atoms with van der Waals surface area (Å²) in [6.45, 7) is 0. The van der Waals surface area contributed by atoms with Crippen LogP contribution in [0.2, 0.25) is 0 Å². The summed E-state index contributed by atoms with van der Waals surface area (Å²) in [5.74, 6) is 0.745. The highest BCUT2D eigenvalue weighted by Crippen LogP contribution is 2.10. The minimum Gasteiger partial charge on any atom is -0.305 e. The number of hydrogen-bond acceptors (Lipinski definition) is 2. The van der Waals surface area contributed by atoms with E-state index in [1.54, 1.807) is 36.1 Å². The van der Waals surface area contributed by atoms with Crippen LogP contribution < -0.4 is 5.32 Å². The Kier molecular flexibility index (Phi) is 3.44. The van der Waals surface area contributed by atoms with E-state index in [1.165, 1.54) is 0 Å². The second kappa shape index (κ2) is 5.01. The standard InChI is InChI=1S/C12H12ClN3O/c1-16-6-5-11(15-16)14-12(17)10-4-2-3-9(7-10)8-13/h2-7H,8H2,1H3,(H,14,15,17). The van der Waals surface area contributed by atoms with Crippen molar-refractivity contribution in [2.24, 2.45) is 7.05 Å². The SMILES string of the molecule is Cn1ccc(NC(=O)c2cccc(CCl)c2)n1. The lowest BCUT2D eigenvalue weighted by Gasteiger charge is -2.03. The zero-order chi connectivity index (χ0) is 12.3. The van der Waals surface area contributed by atoms with Crippen LogP contribution in [-0.4, -0.2) is 15.7 Å². The number of aryl methyl sites for hydroxylation is 1. The van der Waals surface area contributed by atoms with Gasteiger partial charge in [-0.2, -0.15) is 5.10 Å². The Hall–Kier alpha value is -1.81.